The van der Waals surface area contributed by atoms with Crippen molar-refractivity contribution >= 4 is 5.97 Å². The van der Waals surface area contributed by atoms with Crippen molar-refractivity contribution in [3.8, 4) is 0 Å². The van der Waals surface area contributed by atoms with E-state index in [2.05, 4.69) is 20.8 Å². The third-order valence-electron chi connectivity index (χ3n) is 2.47. The van der Waals surface area contributed by atoms with Gasteiger partial charge in [-0.05, 0) is 32.1 Å². The molecule has 0 aliphatic rings. The Hall–Kier alpha value is -0.530. The van der Waals surface area contributed by atoms with Gasteiger partial charge in [-0.2, -0.15) is 0 Å². The predicted octanol–water partition coefficient (Wildman–Crippen LogP) is 3.40. The fraction of sp³-hybridized carbons (Fsp3) is 0.917. The van der Waals surface area contributed by atoms with Crippen LogP contribution in [0.3, 0.4) is 0 Å². The van der Waals surface area contributed by atoms with Crippen LogP contribution in [0.25, 0.3) is 0 Å². The van der Waals surface area contributed by atoms with E-state index in [0.29, 0.717) is 6.61 Å². The Morgan fingerprint density at radius 2 is 1.64 bits per heavy atom. The number of rotatable bonds is 4. The first-order valence-electron chi connectivity index (χ1n) is 5.42. The molecule has 0 radical (unpaired) electrons. The molecule has 0 aromatic heterocycles. The number of carbonyl (C=O) groups excluding carboxylic acids is 1. The van der Waals surface area contributed by atoms with Gasteiger partial charge in [0.15, 0.2) is 0 Å². The summed E-state index contributed by atoms with van der Waals surface area (Å²) in [6, 6.07) is 0. The van der Waals surface area contributed by atoms with Gasteiger partial charge in [0.05, 0.1) is 12.0 Å². The van der Waals surface area contributed by atoms with Gasteiger partial charge < -0.3 is 4.74 Å². The van der Waals surface area contributed by atoms with Crippen LogP contribution < -0.4 is 0 Å². The lowest BCUT2D eigenvalue weighted by Crippen LogP contribution is -2.33. The summed E-state index contributed by atoms with van der Waals surface area (Å²) < 4.78 is 5.10. The molecule has 2 nitrogen and oxygen atoms in total. The molecule has 0 fully saturated rings. The predicted molar refractivity (Wildman–Crippen MR) is 59.1 cm³/mol. The van der Waals surface area contributed by atoms with Gasteiger partial charge >= 0.3 is 5.97 Å². The lowest BCUT2D eigenvalue weighted by molar-refractivity contribution is -0.156. The highest BCUT2D eigenvalue weighted by molar-refractivity contribution is 5.76. The molecule has 14 heavy (non-hydrogen) atoms. The highest BCUT2D eigenvalue weighted by atomic mass is 16.5. The number of hydrogen-bond acceptors (Lipinski definition) is 2. The zero-order valence-electron chi connectivity index (χ0n) is 10.4. The molecule has 0 saturated carbocycles. The van der Waals surface area contributed by atoms with Crippen LogP contribution in [0.4, 0.5) is 0 Å². The molecule has 2 heteroatoms. The topological polar surface area (TPSA) is 26.3 Å². The molecule has 0 saturated heterocycles. The first-order chi connectivity index (χ1) is 6.25. The van der Waals surface area contributed by atoms with E-state index in [1.165, 1.54) is 0 Å². The Balaban J connectivity index is 4.54. The van der Waals surface area contributed by atoms with Gasteiger partial charge in [0, 0.05) is 0 Å². The average molecular weight is 200 g/mol. The summed E-state index contributed by atoms with van der Waals surface area (Å²) in [6.45, 7) is 12.8. The fourth-order valence-corrected chi connectivity index (χ4v) is 1.82. The largest absolute Gasteiger partial charge is 0.466 e. The monoisotopic (exact) mass is 200 g/mol. The van der Waals surface area contributed by atoms with E-state index in [1.807, 2.05) is 20.8 Å². The molecule has 0 aromatic carbocycles. The van der Waals surface area contributed by atoms with Gasteiger partial charge in [-0.15, -0.1) is 0 Å². The molecule has 0 aliphatic carbocycles. The van der Waals surface area contributed by atoms with E-state index in [0.717, 1.165) is 12.8 Å². The van der Waals surface area contributed by atoms with Crippen LogP contribution in [0.1, 0.15) is 54.4 Å². The third-order valence-corrected chi connectivity index (χ3v) is 2.47. The zero-order valence-corrected chi connectivity index (χ0v) is 10.4. The number of ether oxygens (including phenoxy) is 1. The van der Waals surface area contributed by atoms with Gasteiger partial charge in [0.2, 0.25) is 0 Å². The van der Waals surface area contributed by atoms with Crippen molar-refractivity contribution in [3.05, 3.63) is 0 Å². The van der Waals surface area contributed by atoms with Crippen LogP contribution in [0.15, 0.2) is 0 Å². The second-order valence-electron chi connectivity index (χ2n) is 5.37. The maximum Gasteiger partial charge on any atom is 0.311 e. The van der Waals surface area contributed by atoms with Crippen molar-refractivity contribution in [2.24, 2.45) is 10.8 Å². The first-order valence-corrected chi connectivity index (χ1v) is 5.42. The second kappa shape index (κ2) is 4.81. The molecule has 0 N–H and O–H groups in total. The van der Waals surface area contributed by atoms with Gasteiger partial charge in [-0.3, -0.25) is 4.79 Å². The maximum atomic E-state index is 11.8. The lowest BCUT2D eigenvalue weighted by atomic mass is 9.73. The Labute approximate surface area is 88.0 Å². The van der Waals surface area contributed by atoms with Gasteiger partial charge in [-0.1, -0.05) is 27.7 Å². The van der Waals surface area contributed by atoms with Gasteiger partial charge in [-0.25, -0.2) is 0 Å². The molecule has 1 atom stereocenters. The molecule has 0 bridgehead atoms. The van der Waals surface area contributed by atoms with E-state index in [-0.39, 0.29) is 16.8 Å². The summed E-state index contributed by atoms with van der Waals surface area (Å²) in [6.07, 6.45) is 1.71. The van der Waals surface area contributed by atoms with E-state index >= 15 is 0 Å². The molecule has 84 valence electrons. The van der Waals surface area contributed by atoms with Crippen LogP contribution in [0.5, 0.6) is 0 Å². The van der Waals surface area contributed by atoms with Crippen molar-refractivity contribution in [2.45, 2.75) is 54.4 Å². The Bertz CT molecular complexity index is 191. The molecule has 0 spiro atoms. The van der Waals surface area contributed by atoms with Crippen LogP contribution in [-0.4, -0.2) is 12.6 Å². The van der Waals surface area contributed by atoms with Crippen LogP contribution in [0, 0.1) is 10.8 Å². The standard InChI is InChI=1S/C12H24O2/c1-7-12(6,9-11(3,4)5)10(13)14-8-2/h7-9H2,1-6H3. The molecular formula is C12H24O2. The normalized spacial score (nSPS) is 16.1. The summed E-state index contributed by atoms with van der Waals surface area (Å²) in [5.74, 6) is -0.0579. The highest BCUT2D eigenvalue weighted by Crippen LogP contribution is 2.37. The molecule has 0 rings (SSSR count). The van der Waals surface area contributed by atoms with E-state index < -0.39 is 0 Å². The Morgan fingerprint density at radius 3 is 1.93 bits per heavy atom. The van der Waals surface area contributed by atoms with Gasteiger partial charge in [0.25, 0.3) is 0 Å². The maximum absolute atomic E-state index is 11.8. The zero-order chi connectivity index (χ0) is 11.4. The molecule has 0 heterocycles. The minimum Gasteiger partial charge on any atom is -0.466 e. The van der Waals surface area contributed by atoms with Gasteiger partial charge in [0.1, 0.15) is 0 Å². The van der Waals surface area contributed by atoms with Crippen LogP contribution in [0.2, 0.25) is 0 Å². The quantitative estimate of drug-likeness (QED) is 0.650. The van der Waals surface area contributed by atoms with Crippen molar-refractivity contribution in [2.75, 3.05) is 6.61 Å². The number of carbonyl (C=O) groups is 1. The average Bonchev–Trinajstić information content (AvgIpc) is 2.01. The van der Waals surface area contributed by atoms with Crippen molar-refractivity contribution in [1.82, 2.24) is 0 Å². The Kier molecular flexibility index (Phi) is 4.63. The minimum atomic E-state index is -0.325. The summed E-state index contributed by atoms with van der Waals surface area (Å²) in [7, 11) is 0. The summed E-state index contributed by atoms with van der Waals surface area (Å²) in [4.78, 5) is 11.8. The van der Waals surface area contributed by atoms with Crippen LogP contribution in [-0.2, 0) is 9.53 Å². The smallest absolute Gasteiger partial charge is 0.311 e. The summed E-state index contributed by atoms with van der Waals surface area (Å²) >= 11 is 0. The minimum absolute atomic E-state index is 0.0579. The van der Waals surface area contributed by atoms with Crippen molar-refractivity contribution in [3.63, 3.8) is 0 Å². The molecule has 0 aromatic rings. The lowest BCUT2D eigenvalue weighted by Gasteiger charge is -2.32. The highest BCUT2D eigenvalue weighted by Gasteiger charge is 2.36. The first kappa shape index (κ1) is 13.5. The van der Waals surface area contributed by atoms with Crippen molar-refractivity contribution in [1.29, 1.82) is 0 Å². The fourth-order valence-electron chi connectivity index (χ4n) is 1.82. The molecular weight excluding hydrogens is 176 g/mol. The second-order valence-corrected chi connectivity index (χ2v) is 5.37. The SMILES string of the molecule is CCOC(=O)C(C)(CC)CC(C)(C)C. The van der Waals surface area contributed by atoms with E-state index in [1.54, 1.807) is 0 Å². The van der Waals surface area contributed by atoms with E-state index in [9.17, 15) is 4.79 Å². The number of hydrogen-bond donors (Lipinski definition) is 0. The Morgan fingerprint density at radius 1 is 1.14 bits per heavy atom. The third kappa shape index (κ3) is 4.12. The molecule has 0 aliphatic heterocycles. The van der Waals surface area contributed by atoms with E-state index in [4.69, 9.17) is 4.74 Å². The van der Waals surface area contributed by atoms with Crippen LogP contribution >= 0.6 is 0 Å². The van der Waals surface area contributed by atoms with Crippen molar-refractivity contribution < 1.29 is 9.53 Å². The molecule has 1 unspecified atom stereocenters. The molecule has 0 amide bonds. The number of esters is 1. The summed E-state index contributed by atoms with van der Waals surface area (Å²) in [5.41, 5.74) is -0.161. The summed E-state index contributed by atoms with van der Waals surface area (Å²) in [5, 5.41) is 0.